The smallest absolute Gasteiger partial charge is 0.339 e. The van der Waals surface area contributed by atoms with Gasteiger partial charge in [-0.05, 0) is 13.3 Å². The van der Waals surface area contributed by atoms with Crippen molar-refractivity contribution in [3.63, 3.8) is 0 Å². The molecule has 0 aliphatic rings. The van der Waals surface area contributed by atoms with Crippen LogP contribution in [0.5, 0.6) is 0 Å². The fourth-order valence-electron chi connectivity index (χ4n) is 1.33. The van der Waals surface area contributed by atoms with Crippen molar-refractivity contribution >= 4 is 17.7 Å². The zero-order chi connectivity index (χ0) is 14.4. The van der Waals surface area contributed by atoms with Crippen molar-refractivity contribution in [3.8, 4) is 0 Å². The summed E-state index contributed by atoms with van der Waals surface area (Å²) in [4.78, 5) is 36.5. The summed E-state index contributed by atoms with van der Waals surface area (Å²) in [6, 6.07) is 0. The topological polar surface area (TPSA) is 114 Å². The number of carboxylic acid groups (broad SMARTS) is 1. The summed E-state index contributed by atoms with van der Waals surface area (Å²) in [5.41, 5.74) is -1.65. The predicted octanol–water partition coefficient (Wildman–Crippen LogP) is -0.559. The summed E-state index contributed by atoms with van der Waals surface area (Å²) < 4.78 is 6.38. The highest BCUT2D eigenvalue weighted by atomic mass is 32.2. The second-order valence-corrected chi connectivity index (χ2v) is 4.68. The molecule has 0 amide bonds. The van der Waals surface area contributed by atoms with Gasteiger partial charge < -0.3 is 9.84 Å². The van der Waals surface area contributed by atoms with Crippen molar-refractivity contribution in [1.29, 1.82) is 0 Å². The molecular weight excluding hydrogens is 274 g/mol. The largest absolute Gasteiger partial charge is 0.479 e. The Morgan fingerprint density at radius 1 is 1.58 bits per heavy atom. The van der Waals surface area contributed by atoms with Crippen LogP contribution in [0.3, 0.4) is 0 Å². The van der Waals surface area contributed by atoms with Crippen molar-refractivity contribution in [2.75, 3.05) is 12.4 Å². The zero-order valence-electron chi connectivity index (χ0n) is 10.6. The third-order valence-corrected chi connectivity index (χ3v) is 3.27. The van der Waals surface area contributed by atoms with Crippen LogP contribution in [-0.4, -0.2) is 44.3 Å². The van der Waals surface area contributed by atoms with E-state index in [1.54, 1.807) is 14.0 Å². The molecule has 1 aromatic heterocycles. The Labute approximate surface area is 112 Å². The molecule has 0 spiro atoms. The maximum absolute atomic E-state index is 11.1. The van der Waals surface area contributed by atoms with Gasteiger partial charge in [0.05, 0.1) is 0 Å². The number of aromatic amines is 1. The van der Waals surface area contributed by atoms with Crippen LogP contribution in [0.1, 0.15) is 13.3 Å². The molecule has 0 saturated carbocycles. The number of aryl methyl sites for hydroxylation is 1. The maximum atomic E-state index is 11.1. The van der Waals surface area contributed by atoms with E-state index in [2.05, 4.69) is 10.1 Å². The van der Waals surface area contributed by atoms with E-state index in [-0.39, 0.29) is 6.42 Å². The van der Waals surface area contributed by atoms with Gasteiger partial charge in [0.15, 0.2) is 11.3 Å². The number of aromatic nitrogens is 3. The Bertz CT molecular complexity index is 553. The standard InChI is InChI=1S/C10H15N3O5S/c1-3-18-6(9(16)17)4-5-19-10-11-7(14)8(15)12-13(10)2/h6H,3-5H2,1-2H3,(H,12,15)(H,16,17). The van der Waals surface area contributed by atoms with E-state index in [4.69, 9.17) is 9.84 Å². The third-order valence-electron chi connectivity index (χ3n) is 2.20. The highest BCUT2D eigenvalue weighted by Crippen LogP contribution is 2.14. The maximum Gasteiger partial charge on any atom is 0.339 e. The van der Waals surface area contributed by atoms with E-state index in [1.165, 1.54) is 16.4 Å². The van der Waals surface area contributed by atoms with Gasteiger partial charge in [-0.3, -0.25) is 19.4 Å². The van der Waals surface area contributed by atoms with E-state index in [0.717, 1.165) is 0 Å². The quantitative estimate of drug-likeness (QED) is 0.511. The predicted molar refractivity (Wildman–Crippen MR) is 68.5 cm³/mol. The van der Waals surface area contributed by atoms with Crippen LogP contribution < -0.4 is 11.1 Å². The molecule has 1 unspecified atom stereocenters. The first kappa shape index (κ1) is 15.4. The lowest BCUT2D eigenvalue weighted by Crippen LogP contribution is -2.34. The molecule has 106 valence electrons. The van der Waals surface area contributed by atoms with Crippen molar-refractivity contribution in [1.82, 2.24) is 14.8 Å². The fourth-order valence-corrected chi connectivity index (χ4v) is 2.23. The molecule has 2 N–H and O–H groups in total. The number of nitrogens with one attached hydrogen (secondary N) is 1. The average Bonchev–Trinajstić information content (AvgIpc) is 2.34. The molecule has 0 fully saturated rings. The minimum Gasteiger partial charge on any atom is -0.479 e. The molecule has 19 heavy (non-hydrogen) atoms. The van der Waals surface area contributed by atoms with Crippen LogP contribution in [0, 0.1) is 0 Å². The number of thioether (sulfide) groups is 1. The van der Waals surface area contributed by atoms with Gasteiger partial charge >= 0.3 is 17.1 Å². The molecule has 0 aromatic carbocycles. The van der Waals surface area contributed by atoms with Crippen LogP contribution in [0.4, 0.5) is 0 Å². The van der Waals surface area contributed by atoms with Gasteiger partial charge in [-0.15, -0.1) is 0 Å². The third kappa shape index (κ3) is 4.52. The summed E-state index contributed by atoms with van der Waals surface area (Å²) in [5, 5.41) is 11.5. The first-order valence-electron chi connectivity index (χ1n) is 5.60. The molecular formula is C10H15N3O5S. The van der Waals surface area contributed by atoms with E-state index in [0.29, 0.717) is 17.5 Å². The minimum atomic E-state index is -1.02. The van der Waals surface area contributed by atoms with Gasteiger partial charge in [-0.1, -0.05) is 11.8 Å². The monoisotopic (exact) mass is 289 g/mol. The molecule has 0 bridgehead atoms. The second-order valence-electron chi connectivity index (χ2n) is 3.62. The van der Waals surface area contributed by atoms with Crippen LogP contribution in [0.25, 0.3) is 0 Å². The fraction of sp³-hybridized carbons (Fsp3) is 0.600. The first-order chi connectivity index (χ1) is 8.95. The lowest BCUT2D eigenvalue weighted by molar-refractivity contribution is -0.150. The second kappa shape index (κ2) is 7.10. The number of carbonyl (C=O) groups is 1. The molecule has 0 aliphatic carbocycles. The number of H-pyrrole nitrogens is 1. The summed E-state index contributed by atoms with van der Waals surface area (Å²) in [7, 11) is 1.55. The molecule has 0 aliphatic heterocycles. The number of nitrogens with zero attached hydrogens (tertiary/aromatic N) is 2. The van der Waals surface area contributed by atoms with Crippen LogP contribution in [0.2, 0.25) is 0 Å². The van der Waals surface area contributed by atoms with Crippen LogP contribution in [0.15, 0.2) is 14.7 Å². The average molecular weight is 289 g/mol. The molecule has 9 heteroatoms. The number of rotatable bonds is 7. The van der Waals surface area contributed by atoms with Gasteiger partial charge in [0.2, 0.25) is 0 Å². The molecule has 0 saturated heterocycles. The Morgan fingerprint density at radius 2 is 2.26 bits per heavy atom. The van der Waals surface area contributed by atoms with Crippen molar-refractivity contribution < 1.29 is 14.6 Å². The summed E-state index contributed by atoms with van der Waals surface area (Å²) >= 11 is 1.18. The molecule has 8 nitrogen and oxygen atoms in total. The lowest BCUT2D eigenvalue weighted by atomic mass is 10.3. The van der Waals surface area contributed by atoms with Crippen molar-refractivity contribution in [2.24, 2.45) is 7.05 Å². The SMILES string of the molecule is CCOC(CCSc1nc(=O)c(=O)[nH]n1C)C(=O)O. The van der Waals surface area contributed by atoms with Gasteiger partial charge in [0.1, 0.15) is 0 Å². The Morgan fingerprint density at radius 3 is 2.84 bits per heavy atom. The van der Waals surface area contributed by atoms with Crippen LogP contribution in [-0.2, 0) is 16.6 Å². The van der Waals surface area contributed by atoms with E-state index in [9.17, 15) is 14.4 Å². The minimum absolute atomic E-state index is 0.281. The Kier molecular flexibility index (Phi) is 5.77. The van der Waals surface area contributed by atoms with Crippen LogP contribution >= 0.6 is 11.8 Å². The Balaban J connectivity index is 2.62. The highest BCUT2D eigenvalue weighted by molar-refractivity contribution is 7.99. The molecule has 1 rings (SSSR count). The van der Waals surface area contributed by atoms with E-state index < -0.39 is 23.2 Å². The molecule has 1 aromatic rings. The van der Waals surface area contributed by atoms with Gasteiger partial charge in [-0.2, -0.15) is 4.98 Å². The van der Waals surface area contributed by atoms with Gasteiger partial charge in [0, 0.05) is 19.4 Å². The summed E-state index contributed by atoms with van der Waals surface area (Å²) in [6.07, 6.45) is -0.597. The molecule has 0 radical (unpaired) electrons. The summed E-state index contributed by atoms with van der Waals surface area (Å²) in [6.45, 7) is 2.04. The molecule has 1 atom stereocenters. The Hall–Kier alpha value is -1.61. The lowest BCUT2D eigenvalue weighted by Gasteiger charge is -2.12. The number of carboxylic acids is 1. The van der Waals surface area contributed by atoms with Gasteiger partial charge in [0.25, 0.3) is 0 Å². The zero-order valence-corrected chi connectivity index (χ0v) is 11.4. The van der Waals surface area contributed by atoms with E-state index in [1.807, 2.05) is 0 Å². The molecule has 1 heterocycles. The highest BCUT2D eigenvalue weighted by Gasteiger charge is 2.17. The van der Waals surface area contributed by atoms with Gasteiger partial charge in [-0.25, -0.2) is 4.79 Å². The van der Waals surface area contributed by atoms with Crippen molar-refractivity contribution in [2.45, 2.75) is 24.6 Å². The number of aliphatic carboxylic acids is 1. The normalized spacial score (nSPS) is 12.3. The summed E-state index contributed by atoms with van der Waals surface area (Å²) in [5.74, 6) is -0.616. The first-order valence-corrected chi connectivity index (χ1v) is 6.58. The number of ether oxygens (including phenoxy) is 1. The number of hydrogen-bond donors (Lipinski definition) is 2. The van der Waals surface area contributed by atoms with Crippen molar-refractivity contribution in [3.05, 3.63) is 20.7 Å². The van der Waals surface area contributed by atoms with E-state index >= 15 is 0 Å². The number of hydrogen-bond acceptors (Lipinski definition) is 6.